The zero-order chi connectivity index (χ0) is 12.7. The molecule has 0 radical (unpaired) electrons. The maximum absolute atomic E-state index is 9.86. The van der Waals surface area contributed by atoms with Gasteiger partial charge in [0.05, 0.1) is 11.5 Å². The minimum Gasteiger partial charge on any atom is -0.478 e. The Morgan fingerprint density at radius 2 is 1.27 bits per heavy atom. The second-order valence-corrected chi connectivity index (χ2v) is 5.26. The van der Waals surface area contributed by atoms with Gasteiger partial charge in [-0.15, -0.1) is 0 Å². The van der Waals surface area contributed by atoms with Crippen molar-refractivity contribution < 1.29 is 35.8 Å². The van der Waals surface area contributed by atoms with Crippen molar-refractivity contribution in [2.75, 3.05) is 11.5 Å². The fourth-order valence-electron chi connectivity index (χ4n) is 0.211. The van der Waals surface area contributed by atoms with Crippen LogP contribution < -0.4 is 0 Å². The summed E-state index contributed by atoms with van der Waals surface area (Å²) in [6, 6.07) is 0. The van der Waals surface area contributed by atoms with E-state index in [1.807, 2.05) is 0 Å². The second-order valence-electron chi connectivity index (χ2n) is 2.11. The molecular formula is C5H10O8S2. The molecule has 0 rings (SSSR count). The first-order valence-electron chi connectivity index (χ1n) is 3.23. The lowest BCUT2D eigenvalue weighted by Crippen LogP contribution is -2.15. The summed E-state index contributed by atoms with van der Waals surface area (Å²) in [6.45, 7) is 2.96. The first kappa shape index (κ1) is 16.5. The van der Waals surface area contributed by atoms with Gasteiger partial charge in [0.25, 0.3) is 20.2 Å². The Hall–Kier alpha value is -0.970. The van der Waals surface area contributed by atoms with E-state index in [9.17, 15) is 21.6 Å². The molecule has 3 N–H and O–H groups in total. The molecule has 0 aliphatic carbocycles. The van der Waals surface area contributed by atoms with Gasteiger partial charge in [-0.05, 0) is 0 Å². The molecule has 0 unspecified atom stereocenters. The minimum absolute atomic E-state index is 0.833. The van der Waals surface area contributed by atoms with Gasteiger partial charge in [0.2, 0.25) is 0 Å². The molecular weight excluding hydrogens is 252 g/mol. The first-order valence-corrected chi connectivity index (χ1v) is 6.45. The van der Waals surface area contributed by atoms with Gasteiger partial charge in [0.15, 0.2) is 0 Å². The molecule has 0 atom stereocenters. The van der Waals surface area contributed by atoms with Gasteiger partial charge in [0, 0.05) is 6.08 Å². The normalized spacial score (nSPS) is 11.1. The van der Waals surface area contributed by atoms with Gasteiger partial charge in [-0.3, -0.25) is 9.11 Å². The van der Waals surface area contributed by atoms with Crippen LogP contribution >= 0.6 is 0 Å². The Labute approximate surface area is 86.7 Å². The monoisotopic (exact) mass is 262 g/mol. The average Bonchev–Trinajstić information content (AvgIpc) is 2.00. The SMILES string of the molecule is C=CC(=O)O.O=S(=O)(O)CCS(=O)(=O)O. The van der Waals surface area contributed by atoms with Gasteiger partial charge in [-0.2, -0.15) is 16.8 Å². The van der Waals surface area contributed by atoms with Crippen LogP contribution in [0.15, 0.2) is 12.7 Å². The molecule has 0 heterocycles. The van der Waals surface area contributed by atoms with Crippen molar-refractivity contribution in [3.63, 3.8) is 0 Å². The van der Waals surface area contributed by atoms with Gasteiger partial charge in [0.1, 0.15) is 0 Å². The van der Waals surface area contributed by atoms with E-state index in [1.54, 1.807) is 0 Å². The molecule has 0 spiro atoms. The molecule has 8 nitrogen and oxygen atoms in total. The molecule has 0 aromatic rings. The number of carbonyl (C=O) groups is 1. The van der Waals surface area contributed by atoms with E-state index in [4.69, 9.17) is 14.2 Å². The summed E-state index contributed by atoms with van der Waals surface area (Å²) in [5.41, 5.74) is 0. The largest absolute Gasteiger partial charge is 0.478 e. The molecule has 10 heteroatoms. The smallest absolute Gasteiger partial charge is 0.327 e. The van der Waals surface area contributed by atoms with Crippen molar-refractivity contribution in [2.24, 2.45) is 0 Å². The van der Waals surface area contributed by atoms with Crippen LogP contribution in [-0.4, -0.2) is 48.5 Å². The first-order chi connectivity index (χ1) is 6.48. The Kier molecular flexibility index (Phi) is 7.13. The lowest BCUT2D eigenvalue weighted by Gasteiger charge is -1.92. The molecule has 0 aliphatic heterocycles. The lowest BCUT2D eigenvalue weighted by atomic mass is 10.7. The Morgan fingerprint density at radius 3 is 1.33 bits per heavy atom. The summed E-state index contributed by atoms with van der Waals surface area (Å²) < 4.78 is 55.4. The van der Waals surface area contributed by atoms with Gasteiger partial charge in [-0.25, -0.2) is 4.79 Å². The third-order valence-electron chi connectivity index (χ3n) is 0.774. The van der Waals surface area contributed by atoms with Crippen molar-refractivity contribution in [1.82, 2.24) is 0 Å². The third-order valence-corrected chi connectivity index (χ3v) is 2.47. The maximum atomic E-state index is 9.86. The third kappa shape index (κ3) is 24.6. The van der Waals surface area contributed by atoms with Crippen LogP contribution in [0.2, 0.25) is 0 Å². The summed E-state index contributed by atoms with van der Waals surface area (Å²) in [6.07, 6.45) is 0.833. The summed E-state index contributed by atoms with van der Waals surface area (Å²) in [7, 11) is -8.59. The number of aliphatic carboxylic acids is 1. The van der Waals surface area contributed by atoms with Crippen LogP contribution in [0.4, 0.5) is 0 Å². The fraction of sp³-hybridized carbons (Fsp3) is 0.400. The molecule has 15 heavy (non-hydrogen) atoms. The highest BCUT2D eigenvalue weighted by molar-refractivity contribution is 7.89. The summed E-state index contributed by atoms with van der Waals surface area (Å²) in [4.78, 5) is 9.25. The number of hydrogen-bond acceptors (Lipinski definition) is 5. The van der Waals surface area contributed by atoms with Crippen LogP contribution in [-0.2, 0) is 25.0 Å². The van der Waals surface area contributed by atoms with Gasteiger partial charge < -0.3 is 5.11 Å². The van der Waals surface area contributed by atoms with E-state index in [0.717, 1.165) is 6.08 Å². The molecule has 0 saturated heterocycles. The molecule has 0 saturated carbocycles. The topological polar surface area (TPSA) is 146 Å². The molecule has 0 fully saturated rings. The predicted octanol–water partition coefficient (Wildman–Crippen LogP) is -0.981. The van der Waals surface area contributed by atoms with Crippen molar-refractivity contribution in [1.29, 1.82) is 0 Å². The zero-order valence-electron chi connectivity index (χ0n) is 7.40. The predicted molar refractivity (Wildman–Crippen MR) is 50.7 cm³/mol. The highest BCUT2D eigenvalue weighted by Crippen LogP contribution is 1.86. The van der Waals surface area contributed by atoms with Crippen LogP contribution in [0, 0.1) is 0 Å². The van der Waals surface area contributed by atoms with Crippen molar-refractivity contribution >= 4 is 26.2 Å². The quantitative estimate of drug-likeness (QED) is 0.432. The average molecular weight is 262 g/mol. The highest BCUT2D eigenvalue weighted by Gasteiger charge is 2.11. The van der Waals surface area contributed by atoms with E-state index < -0.39 is 37.7 Å². The van der Waals surface area contributed by atoms with Crippen LogP contribution in [0.5, 0.6) is 0 Å². The Bertz CT molecular complexity index is 370. The van der Waals surface area contributed by atoms with E-state index in [2.05, 4.69) is 6.58 Å². The zero-order valence-corrected chi connectivity index (χ0v) is 9.03. The minimum atomic E-state index is -4.30. The van der Waals surface area contributed by atoms with E-state index >= 15 is 0 Å². The summed E-state index contributed by atoms with van der Waals surface area (Å²) in [5, 5.41) is 7.60. The summed E-state index contributed by atoms with van der Waals surface area (Å²) >= 11 is 0. The maximum Gasteiger partial charge on any atom is 0.327 e. The standard InChI is InChI=1S/C3H4O2.C2H6O6S2/c1-2-3(4)5;3-9(4,5)1-2-10(6,7)8/h2H,1H2,(H,4,5);1-2H2,(H,3,4,5)(H,6,7,8). The second kappa shape index (κ2) is 6.50. The molecule has 0 aliphatic rings. The van der Waals surface area contributed by atoms with Crippen molar-refractivity contribution in [3.8, 4) is 0 Å². The molecule has 0 bridgehead atoms. The van der Waals surface area contributed by atoms with E-state index in [1.165, 1.54) is 0 Å². The number of hydrogen-bond donors (Lipinski definition) is 3. The van der Waals surface area contributed by atoms with E-state index in [-0.39, 0.29) is 0 Å². The van der Waals surface area contributed by atoms with Crippen molar-refractivity contribution in [3.05, 3.63) is 12.7 Å². The fourth-order valence-corrected chi connectivity index (χ4v) is 1.90. The molecule has 0 aromatic heterocycles. The Balaban J connectivity index is 0. The molecule has 0 aromatic carbocycles. The number of rotatable bonds is 4. The van der Waals surface area contributed by atoms with E-state index in [0.29, 0.717) is 0 Å². The molecule has 90 valence electrons. The lowest BCUT2D eigenvalue weighted by molar-refractivity contribution is -0.131. The van der Waals surface area contributed by atoms with Crippen LogP contribution in [0.3, 0.4) is 0 Å². The Morgan fingerprint density at radius 1 is 1.07 bits per heavy atom. The van der Waals surface area contributed by atoms with Crippen LogP contribution in [0.25, 0.3) is 0 Å². The number of carboxylic acid groups (broad SMARTS) is 1. The molecule has 0 amide bonds. The van der Waals surface area contributed by atoms with Crippen LogP contribution in [0.1, 0.15) is 0 Å². The number of carboxylic acids is 1. The van der Waals surface area contributed by atoms with Gasteiger partial charge in [-0.1, -0.05) is 6.58 Å². The van der Waals surface area contributed by atoms with Crippen molar-refractivity contribution in [2.45, 2.75) is 0 Å². The van der Waals surface area contributed by atoms with Gasteiger partial charge >= 0.3 is 5.97 Å². The summed E-state index contributed by atoms with van der Waals surface area (Å²) in [5.74, 6) is -2.94. The highest BCUT2D eigenvalue weighted by atomic mass is 32.2.